The molecule has 0 spiro atoms. The Balaban J connectivity index is 1.97. The molecule has 26 heavy (non-hydrogen) atoms. The van der Waals surface area contributed by atoms with Crippen molar-refractivity contribution in [1.82, 2.24) is 9.62 Å². The van der Waals surface area contributed by atoms with Crippen molar-refractivity contribution in [3.63, 3.8) is 0 Å². The topological polar surface area (TPSA) is 117 Å². The summed E-state index contributed by atoms with van der Waals surface area (Å²) in [6, 6.07) is 8.88. The molecule has 0 bridgehead atoms. The van der Waals surface area contributed by atoms with E-state index >= 15 is 0 Å². The van der Waals surface area contributed by atoms with E-state index in [0.29, 0.717) is 24.3 Å². The predicted octanol–water partition coefficient (Wildman–Crippen LogP) is 1.69. The number of carboxylic acid groups (broad SMARTS) is 1. The summed E-state index contributed by atoms with van der Waals surface area (Å²) >= 11 is 0. The number of furan rings is 1. The van der Waals surface area contributed by atoms with Crippen LogP contribution in [0.15, 0.2) is 52.0 Å². The normalized spacial score (nSPS) is 11.3. The molecule has 0 saturated carbocycles. The quantitative estimate of drug-likeness (QED) is 0.684. The number of carbonyl (C=O) groups is 2. The highest BCUT2D eigenvalue weighted by atomic mass is 32.2. The standard InChI is InChI=1S/C17H20N2O6S/c1-19(10-2-5-16(20)21)17(22)13-6-8-15(9-7-13)26(23,24)18-12-14-4-3-11-25-14/h3-4,6-9,11,18H,2,5,10,12H2,1H3,(H,20,21). The average molecular weight is 380 g/mol. The fraction of sp³-hybridized carbons (Fsp3) is 0.294. The second kappa shape index (κ2) is 8.63. The Morgan fingerprint density at radius 3 is 2.46 bits per heavy atom. The number of nitrogens with zero attached hydrogens (tertiary/aromatic N) is 1. The first-order valence-corrected chi connectivity index (χ1v) is 9.37. The van der Waals surface area contributed by atoms with Crippen molar-refractivity contribution in [3.8, 4) is 0 Å². The molecule has 2 N–H and O–H groups in total. The lowest BCUT2D eigenvalue weighted by molar-refractivity contribution is -0.137. The van der Waals surface area contributed by atoms with Crippen LogP contribution in [0.5, 0.6) is 0 Å². The number of rotatable bonds is 9. The zero-order valence-electron chi connectivity index (χ0n) is 14.2. The molecule has 2 aromatic rings. The summed E-state index contributed by atoms with van der Waals surface area (Å²) in [5.74, 6) is -0.728. The molecular formula is C17H20N2O6S. The number of hydrogen-bond acceptors (Lipinski definition) is 5. The van der Waals surface area contributed by atoms with Gasteiger partial charge < -0.3 is 14.4 Å². The minimum absolute atomic E-state index is 0.0177. The number of amides is 1. The number of nitrogens with one attached hydrogen (secondary N) is 1. The molecule has 0 unspecified atom stereocenters. The van der Waals surface area contributed by atoms with Gasteiger partial charge in [-0.1, -0.05) is 0 Å². The minimum atomic E-state index is -3.72. The van der Waals surface area contributed by atoms with Gasteiger partial charge in [-0.05, 0) is 42.8 Å². The molecule has 0 fully saturated rings. The van der Waals surface area contributed by atoms with E-state index in [4.69, 9.17) is 9.52 Å². The Labute approximate surface area is 151 Å². The lowest BCUT2D eigenvalue weighted by atomic mass is 10.2. The van der Waals surface area contributed by atoms with Gasteiger partial charge >= 0.3 is 5.97 Å². The number of hydrogen-bond donors (Lipinski definition) is 2. The summed E-state index contributed by atoms with van der Waals surface area (Å²) in [7, 11) is -2.15. The van der Waals surface area contributed by atoms with Crippen LogP contribution in [0.2, 0.25) is 0 Å². The molecule has 1 heterocycles. The zero-order chi connectivity index (χ0) is 19.2. The van der Waals surface area contributed by atoms with Gasteiger partial charge in [-0.3, -0.25) is 9.59 Å². The lowest BCUT2D eigenvalue weighted by Gasteiger charge is -2.16. The van der Waals surface area contributed by atoms with Gasteiger partial charge in [0, 0.05) is 25.6 Å². The van der Waals surface area contributed by atoms with Gasteiger partial charge in [0.1, 0.15) is 5.76 Å². The summed E-state index contributed by atoms with van der Waals surface area (Å²) in [6.07, 6.45) is 1.79. The van der Waals surface area contributed by atoms with Gasteiger partial charge in [0.15, 0.2) is 0 Å². The third kappa shape index (κ3) is 5.43. The van der Waals surface area contributed by atoms with Crippen LogP contribution < -0.4 is 4.72 Å². The molecular weight excluding hydrogens is 360 g/mol. The monoisotopic (exact) mass is 380 g/mol. The van der Waals surface area contributed by atoms with Crippen molar-refractivity contribution in [3.05, 3.63) is 54.0 Å². The number of benzene rings is 1. The molecule has 1 amide bonds. The van der Waals surface area contributed by atoms with Gasteiger partial charge in [0.05, 0.1) is 17.7 Å². The van der Waals surface area contributed by atoms with E-state index in [9.17, 15) is 18.0 Å². The number of carboxylic acids is 1. The van der Waals surface area contributed by atoms with E-state index in [-0.39, 0.29) is 23.8 Å². The largest absolute Gasteiger partial charge is 0.481 e. The van der Waals surface area contributed by atoms with Crippen molar-refractivity contribution < 1.29 is 27.5 Å². The van der Waals surface area contributed by atoms with Crippen LogP contribution in [0.4, 0.5) is 0 Å². The van der Waals surface area contributed by atoms with Gasteiger partial charge in [-0.25, -0.2) is 13.1 Å². The first-order chi connectivity index (χ1) is 12.3. The highest BCUT2D eigenvalue weighted by molar-refractivity contribution is 7.89. The fourth-order valence-corrected chi connectivity index (χ4v) is 3.22. The predicted molar refractivity (Wildman–Crippen MR) is 93.0 cm³/mol. The van der Waals surface area contributed by atoms with Crippen molar-refractivity contribution in [2.24, 2.45) is 0 Å². The third-order valence-corrected chi connectivity index (χ3v) is 5.08. The van der Waals surface area contributed by atoms with E-state index in [2.05, 4.69) is 4.72 Å². The molecule has 0 saturated heterocycles. The molecule has 8 nitrogen and oxygen atoms in total. The molecule has 1 aromatic carbocycles. The van der Waals surface area contributed by atoms with Crippen LogP contribution >= 0.6 is 0 Å². The smallest absolute Gasteiger partial charge is 0.303 e. The first-order valence-electron chi connectivity index (χ1n) is 7.89. The first kappa shape index (κ1) is 19.7. The van der Waals surface area contributed by atoms with Gasteiger partial charge in [0.25, 0.3) is 5.91 Å². The van der Waals surface area contributed by atoms with Crippen LogP contribution in [0.1, 0.15) is 29.0 Å². The maximum absolute atomic E-state index is 12.3. The molecule has 140 valence electrons. The van der Waals surface area contributed by atoms with Gasteiger partial charge in [-0.2, -0.15) is 0 Å². The van der Waals surface area contributed by atoms with Crippen LogP contribution in [0, 0.1) is 0 Å². The summed E-state index contributed by atoms with van der Waals surface area (Å²) in [5.41, 5.74) is 0.327. The van der Waals surface area contributed by atoms with Crippen molar-refractivity contribution in [2.75, 3.05) is 13.6 Å². The molecule has 0 aliphatic heterocycles. The third-order valence-electron chi connectivity index (χ3n) is 3.66. The van der Waals surface area contributed by atoms with Crippen LogP contribution in [0.3, 0.4) is 0 Å². The van der Waals surface area contributed by atoms with Crippen LogP contribution in [0.25, 0.3) is 0 Å². The van der Waals surface area contributed by atoms with E-state index in [1.54, 1.807) is 19.2 Å². The average Bonchev–Trinajstić information content (AvgIpc) is 3.13. The Morgan fingerprint density at radius 1 is 1.19 bits per heavy atom. The fourth-order valence-electron chi connectivity index (χ4n) is 2.23. The lowest BCUT2D eigenvalue weighted by Crippen LogP contribution is -2.28. The molecule has 9 heteroatoms. The summed E-state index contributed by atoms with van der Waals surface area (Å²) in [4.78, 5) is 24.2. The Bertz CT molecular complexity index is 844. The molecule has 0 aliphatic carbocycles. The van der Waals surface area contributed by atoms with E-state index in [1.807, 2.05) is 0 Å². The summed E-state index contributed by atoms with van der Waals surface area (Å²) in [5, 5.41) is 8.62. The van der Waals surface area contributed by atoms with Crippen LogP contribution in [-0.2, 0) is 21.4 Å². The molecule has 0 aliphatic rings. The number of carbonyl (C=O) groups excluding carboxylic acids is 1. The Morgan fingerprint density at radius 2 is 1.88 bits per heavy atom. The summed E-state index contributed by atoms with van der Waals surface area (Å²) < 4.78 is 32.0. The van der Waals surface area contributed by atoms with Crippen molar-refractivity contribution >= 4 is 21.9 Å². The Hall–Kier alpha value is -2.65. The van der Waals surface area contributed by atoms with Crippen molar-refractivity contribution in [1.29, 1.82) is 0 Å². The molecule has 1 aromatic heterocycles. The maximum atomic E-state index is 12.3. The second-order valence-corrected chi connectivity index (χ2v) is 7.42. The van der Waals surface area contributed by atoms with E-state index in [1.165, 1.54) is 35.4 Å². The molecule has 0 atom stereocenters. The minimum Gasteiger partial charge on any atom is -0.481 e. The van der Waals surface area contributed by atoms with Gasteiger partial charge in [0.2, 0.25) is 10.0 Å². The SMILES string of the molecule is CN(CCCC(=O)O)C(=O)c1ccc(S(=O)(=O)NCc2ccco2)cc1. The van der Waals surface area contributed by atoms with Crippen LogP contribution in [-0.4, -0.2) is 43.9 Å². The number of sulfonamides is 1. The van der Waals surface area contributed by atoms with Gasteiger partial charge in [-0.15, -0.1) is 0 Å². The van der Waals surface area contributed by atoms with Crippen molar-refractivity contribution in [2.45, 2.75) is 24.3 Å². The Kier molecular flexibility index (Phi) is 6.53. The highest BCUT2D eigenvalue weighted by Gasteiger charge is 2.17. The molecule has 0 radical (unpaired) electrons. The highest BCUT2D eigenvalue weighted by Crippen LogP contribution is 2.13. The number of aliphatic carboxylic acids is 1. The molecule has 2 rings (SSSR count). The zero-order valence-corrected chi connectivity index (χ0v) is 15.0. The maximum Gasteiger partial charge on any atom is 0.303 e. The van der Waals surface area contributed by atoms with E-state index in [0.717, 1.165) is 0 Å². The van der Waals surface area contributed by atoms with E-state index < -0.39 is 16.0 Å². The second-order valence-electron chi connectivity index (χ2n) is 5.65. The summed E-state index contributed by atoms with van der Waals surface area (Å²) in [6.45, 7) is 0.332.